The second-order valence-corrected chi connectivity index (χ2v) is 7.94. The maximum Gasteiger partial charge on any atom is 0.220 e. The van der Waals surface area contributed by atoms with Gasteiger partial charge in [-0.05, 0) is 64.6 Å². The number of carbonyl (C=O) groups is 1. The van der Waals surface area contributed by atoms with Crippen molar-refractivity contribution in [1.82, 2.24) is 15.5 Å². The Bertz CT molecular complexity index is 373. The van der Waals surface area contributed by atoms with Gasteiger partial charge in [-0.1, -0.05) is 25.7 Å². The molecule has 0 aromatic rings. The summed E-state index contributed by atoms with van der Waals surface area (Å²) < 4.78 is 0. The Hall–Kier alpha value is -0.320. The standard InChI is InChI=1S/C19H35N3O.ClH/c23-18(10-9-17-8-7-13-20-17)21-16-19(11-3-1-4-12-19)22-14-5-2-6-15-22;/h17,20H,1-16H2,(H,21,23);1H. The lowest BCUT2D eigenvalue weighted by Crippen LogP contribution is -2.58. The predicted octanol–water partition coefficient (Wildman–Crippen LogP) is 3.25. The summed E-state index contributed by atoms with van der Waals surface area (Å²) in [6.07, 6.45) is 14.8. The molecule has 1 saturated carbocycles. The summed E-state index contributed by atoms with van der Waals surface area (Å²) in [5, 5.41) is 6.79. The molecule has 0 spiro atoms. The molecule has 2 N–H and O–H groups in total. The number of nitrogens with zero attached hydrogens (tertiary/aromatic N) is 1. The fourth-order valence-electron chi connectivity index (χ4n) is 4.84. The molecule has 140 valence electrons. The minimum Gasteiger partial charge on any atom is -0.354 e. The molecular formula is C19H36ClN3O. The van der Waals surface area contributed by atoms with E-state index < -0.39 is 0 Å². The molecule has 1 atom stereocenters. The first-order valence-corrected chi connectivity index (χ1v) is 10.0. The van der Waals surface area contributed by atoms with E-state index in [1.165, 1.54) is 77.3 Å². The molecule has 3 aliphatic rings. The maximum absolute atomic E-state index is 12.3. The summed E-state index contributed by atoms with van der Waals surface area (Å²) >= 11 is 0. The molecule has 2 aliphatic heterocycles. The number of nitrogens with one attached hydrogen (secondary N) is 2. The molecule has 0 bridgehead atoms. The van der Waals surface area contributed by atoms with Crippen LogP contribution in [0.15, 0.2) is 0 Å². The van der Waals surface area contributed by atoms with E-state index in [0.29, 0.717) is 12.5 Å². The smallest absolute Gasteiger partial charge is 0.220 e. The van der Waals surface area contributed by atoms with Gasteiger partial charge in [0.15, 0.2) is 0 Å². The molecule has 3 fully saturated rings. The average molecular weight is 358 g/mol. The van der Waals surface area contributed by atoms with Gasteiger partial charge in [0.05, 0.1) is 0 Å². The molecule has 4 nitrogen and oxygen atoms in total. The number of likely N-dealkylation sites (tertiary alicyclic amines) is 1. The summed E-state index contributed by atoms with van der Waals surface area (Å²) in [7, 11) is 0. The van der Waals surface area contributed by atoms with Crippen LogP contribution < -0.4 is 10.6 Å². The van der Waals surface area contributed by atoms with Gasteiger partial charge in [0.1, 0.15) is 0 Å². The minimum absolute atomic E-state index is 0. The van der Waals surface area contributed by atoms with Crippen molar-refractivity contribution in [2.75, 3.05) is 26.2 Å². The van der Waals surface area contributed by atoms with E-state index in [0.717, 1.165) is 19.5 Å². The highest BCUT2D eigenvalue weighted by molar-refractivity contribution is 5.85. The molecule has 0 aromatic heterocycles. The summed E-state index contributed by atoms with van der Waals surface area (Å²) in [6.45, 7) is 4.48. The van der Waals surface area contributed by atoms with Crippen LogP contribution in [0.5, 0.6) is 0 Å². The van der Waals surface area contributed by atoms with Crippen molar-refractivity contribution in [2.24, 2.45) is 0 Å². The topological polar surface area (TPSA) is 44.4 Å². The van der Waals surface area contributed by atoms with Gasteiger partial charge in [0.2, 0.25) is 5.91 Å². The summed E-state index contributed by atoms with van der Waals surface area (Å²) in [4.78, 5) is 15.0. The monoisotopic (exact) mass is 357 g/mol. The highest BCUT2D eigenvalue weighted by Gasteiger charge is 2.38. The van der Waals surface area contributed by atoms with Crippen molar-refractivity contribution in [1.29, 1.82) is 0 Å². The Morgan fingerprint density at radius 1 is 1.04 bits per heavy atom. The third-order valence-corrected chi connectivity index (χ3v) is 6.31. The predicted molar refractivity (Wildman–Crippen MR) is 102 cm³/mol. The van der Waals surface area contributed by atoms with Crippen LogP contribution in [0.25, 0.3) is 0 Å². The summed E-state index contributed by atoms with van der Waals surface area (Å²) in [5.74, 6) is 0.264. The molecule has 24 heavy (non-hydrogen) atoms. The van der Waals surface area contributed by atoms with Gasteiger partial charge < -0.3 is 10.6 Å². The average Bonchev–Trinajstić information content (AvgIpc) is 3.13. The number of halogens is 1. The Morgan fingerprint density at radius 2 is 1.75 bits per heavy atom. The van der Waals surface area contributed by atoms with Crippen molar-refractivity contribution < 1.29 is 4.79 Å². The molecular weight excluding hydrogens is 322 g/mol. The van der Waals surface area contributed by atoms with Gasteiger partial charge in [0, 0.05) is 24.5 Å². The lowest BCUT2D eigenvalue weighted by atomic mass is 9.79. The third-order valence-electron chi connectivity index (χ3n) is 6.31. The van der Waals surface area contributed by atoms with Crippen molar-refractivity contribution in [2.45, 2.75) is 88.6 Å². The molecule has 0 aromatic carbocycles. The normalized spacial score (nSPS) is 27.4. The quantitative estimate of drug-likeness (QED) is 0.767. The second-order valence-electron chi connectivity index (χ2n) is 7.94. The van der Waals surface area contributed by atoms with Gasteiger partial charge in [-0.25, -0.2) is 0 Å². The van der Waals surface area contributed by atoms with E-state index in [1.54, 1.807) is 0 Å². The van der Waals surface area contributed by atoms with E-state index in [2.05, 4.69) is 15.5 Å². The molecule has 1 aliphatic carbocycles. The van der Waals surface area contributed by atoms with Crippen molar-refractivity contribution in [3.63, 3.8) is 0 Å². The third kappa shape index (κ3) is 5.34. The zero-order valence-electron chi connectivity index (χ0n) is 15.2. The van der Waals surface area contributed by atoms with Gasteiger partial charge in [0.25, 0.3) is 0 Å². The Labute approximate surface area is 153 Å². The number of piperidine rings is 1. The van der Waals surface area contributed by atoms with E-state index in [-0.39, 0.29) is 23.9 Å². The van der Waals surface area contributed by atoms with Crippen molar-refractivity contribution in [3.8, 4) is 0 Å². The number of amides is 1. The van der Waals surface area contributed by atoms with Crippen LogP contribution in [0, 0.1) is 0 Å². The maximum atomic E-state index is 12.3. The van der Waals surface area contributed by atoms with Gasteiger partial charge >= 0.3 is 0 Å². The zero-order valence-corrected chi connectivity index (χ0v) is 16.0. The zero-order chi connectivity index (χ0) is 16.0. The fourth-order valence-corrected chi connectivity index (χ4v) is 4.84. The fraction of sp³-hybridized carbons (Fsp3) is 0.947. The summed E-state index contributed by atoms with van der Waals surface area (Å²) in [6, 6.07) is 0.575. The Balaban J connectivity index is 0.00000208. The lowest BCUT2D eigenvalue weighted by molar-refractivity contribution is -0.122. The van der Waals surface area contributed by atoms with E-state index >= 15 is 0 Å². The van der Waals surface area contributed by atoms with E-state index in [4.69, 9.17) is 0 Å². The highest BCUT2D eigenvalue weighted by Crippen LogP contribution is 2.35. The largest absolute Gasteiger partial charge is 0.354 e. The molecule has 1 unspecified atom stereocenters. The van der Waals surface area contributed by atoms with E-state index in [9.17, 15) is 4.79 Å². The van der Waals surface area contributed by atoms with Crippen LogP contribution in [0.2, 0.25) is 0 Å². The number of rotatable bonds is 6. The van der Waals surface area contributed by atoms with Gasteiger partial charge in [-0.15, -0.1) is 12.4 Å². The highest BCUT2D eigenvalue weighted by atomic mass is 35.5. The second kappa shape index (κ2) is 9.98. The first kappa shape index (κ1) is 20.0. The van der Waals surface area contributed by atoms with Crippen LogP contribution >= 0.6 is 12.4 Å². The van der Waals surface area contributed by atoms with Crippen LogP contribution in [0.1, 0.15) is 77.0 Å². The Morgan fingerprint density at radius 3 is 2.42 bits per heavy atom. The number of hydrogen-bond acceptors (Lipinski definition) is 3. The summed E-state index contributed by atoms with van der Waals surface area (Å²) in [5.41, 5.74) is 0.264. The van der Waals surface area contributed by atoms with Crippen LogP contribution in [-0.2, 0) is 4.79 Å². The molecule has 1 amide bonds. The molecule has 5 heteroatoms. The first-order valence-electron chi connectivity index (χ1n) is 10.0. The van der Waals surface area contributed by atoms with E-state index in [1.807, 2.05) is 0 Å². The molecule has 0 radical (unpaired) electrons. The SMILES string of the molecule is Cl.O=C(CCC1CCCN1)NCC1(N2CCCCC2)CCCCC1. The first-order chi connectivity index (χ1) is 11.3. The Kier molecular flexibility index (Phi) is 8.32. The van der Waals surface area contributed by atoms with Crippen molar-refractivity contribution in [3.05, 3.63) is 0 Å². The molecule has 3 rings (SSSR count). The van der Waals surface area contributed by atoms with Crippen LogP contribution in [0.4, 0.5) is 0 Å². The van der Waals surface area contributed by atoms with Crippen LogP contribution in [-0.4, -0.2) is 48.6 Å². The molecule has 2 saturated heterocycles. The minimum atomic E-state index is 0. The van der Waals surface area contributed by atoms with Gasteiger partial charge in [-0.3, -0.25) is 9.69 Å². The van der Waals surface area contributed by atoms with Crippen LogP contribution in [0.3, 0.4) is 0 Å². The number of hydrogen-bond donors (Lipinski definition) is 2. The van der Waals surface area contributed by atoms with Crippen molar-refractivity contribution >= 4 is 18.3 Å². The molecule has 2 heterocycles. The lowest BCUT2D eigenvalue weighted by Gasteiger charge is -2.48. The van der Waals surface area contributed by atoms with Gasteiger partial charge in [-0.2, -0.15) is 0 Å². The number of carbonyl (C=O) groups excluding carboxylic acids is 1.